The van der Waals surface area contributed by atoms with Gasteiger partial charge in [-0.2, -0.15) is 0 Å². The van der Waals surface area contributed by atoms with Gasteiger partial charge in [0.1, 0.15) is 15.4 Å². The molecule has 84 valence electrons. The lowest BCUT2D eigenvalue weighted by Gasteiger charge is -1.95. The van der Waals surface area contributed by atoms with Gasteiger partial charge in [0.15, 0.2) is 0 Å². The molecular weight excluding hydrogens is 228 g/mol. The Morgan fingerprint density at radius 3 is 2.41 bits per heavy atom. The minimum atomic E-state index is 0.983. The molecule has 0 atom stereocenters. The zero-order chi connectivity index (χ0) is 11.8. The highest BCUT2D eigenvalue weighted by molar-refractivity contribution is 7.21. The van der Waals surface area contributed by atoms with Gasteiger partial charge < -0.3 is 0 Å². The zero-order valence-corrected chi connectivity index (χ0v) is 10.6. The average Bonchev–Trinajstić information content (AvgIpc) is 2.72. The van der Waals surface area contributed by atoms with Crippen molar-refractivity contribution in [2.75, 3.05) is 0 Å². The van der Waals surface area contributed by atoms with E-state index in [4.69, 9.17) is 0 Å². The van der Waals surface area contributed by atoms with Crippen LogP contribution < -0.4 is 0 Å². The summed E-state index contributed by atoms with van der Waals surface area (Å²) < 4.78 is 0. The fourth-order valence-corrected chi connectivity index (χ4v) is 2.72. The van der Waals surface area contributed by atoms with Gasteiger partial charge in [-0.05, 0) is 26.0 Å². The molecule has 0 saturated heterocycles. The van der Waals surface area contributed by atoms with Crippen LogP contribution in [0.3, 0.4) is 0 Å². The quantitative estimate of drug-likeness (QED) is 0.643. The smallest absolute Gasteiger partial charge is 0.144 e. The number of aryl methyl sites for hydroxylation is 2. The Kier molecular flexibility index (Phi) is 2.41. The first-order valence-electron chi connectivity index (χ1n) is 5.53. The van der Waals surface area contributed by atoms with Crippen molar-refractivity contribution in [1.82, 2.24) is 9.97 Å². The van der Waals surface area contributed by atoms with E-state index in [2.05, 4.69) is 41.2 Å². The minimum Gasteiger partial charge on any atom is -0.241 e. The van der Waals surface area contributed by atoms with Crippen LogP contribution >= 0.6 is 11.3 Å². The first-order valence-corrected chi connectivity index (χ1v) is 6.35. The number of nitrogens with zero attached hydrogens (tertiary/aromatic N) is 2. The van der Waals surface area contributed by atoms with E-state index in [0.717, 1.165) is 26.6 Å². The molecule has 0 amide bonds. The molecule has 0 fully saturated rings. The van der Waals surface area contributed by atoms with Crippen LogP contribution in [-0.2, 0) is 0 Å². The fraction of sp³-hybridized carbons (Fsp3) is 0.143. The standard InChI is InChI=1S/C14H12N2S/c1-9-3-6-11(7-4-9)13-16-12-8-5-10(2)15-14(12)17-13/h3-8H,1-2H3. The molecule has 17 heavy (non-hydrogen) atoms. The maximum Gasteiger partial charge on any atom is 0.144 e. The van der Waals surface area contributed by atoms with Gasteiger partial charge in [0, 0.05) is 11.3 Å². The van der Waals surface area contributed by atoms with E-state index in [1.165, 1.54) is 5.56 Å². The summed E-state index contributed by atoms with van der Waals surface area (Å²) in [7, 11) is 0. The normalized spacial score (nSPS) is 10.9. The van der Waals surface area contributed by atoms with Crippen LogP contribution in [-0.4, -0.2) is 9.97 Å². The number of fused-ring (bicyclic) bond motifs is 1. The van der Waals surface area contributed by atoms with Crippen LogP contribution in [0.5, 0.6) is 0 Å². The zero-order valence-electron chi connectivity index (χ0n) is 9.77. The minimum absolute atomic E-state index is 0.983. The van der Waals surface area contributed by atoms with E-state index >= 15 is 0 Å². The van der Waals surface area contributed by atoms with Gasteiger partial charge in [0.25, 0.3) is 0 Å². The number of aromatic nitrogens is 2. The van der Waals surface area contributed by atoms with Crippen LogP contribution in [0.25, 0.3) is 20.9 Å². The topological polar surface area (TPSA) is 25.8 Å². The lowest BCUT2D eigenvalue weighted by atomic mass is 10.2. The second kappa shape index (κ2) is 3.93. The van der Waals surface area contributed by atoms with Gasteiger partial charge in [0.05, 0.1) is 0 Å². The van der Waals surface area contributed by atoms with Crippen molar-refractivity contribution in [2.45, 2.75) is 13.8 Å². The lowest BCUT2D eigenvalue weighted by molar-refractivity contribution is 1.26. The van der Waals surface area contributed by atoms with Crippen LogP contribution in [0.1, 0.15) is 11.3 Å². The Morgan fingerprint density at radius 2 is 1.65 bits per heavy atom. The Balaban J connectivity index is 2.14. The molecular formula is C14H12N2S. The van der Waals surface area contributed by atoms with Crippen LogP contribution in [0.2, 0.25) is 0 Å². The third-order valence-electron chi connectivity index (χ3n) is 2.69. The van der Waals surface area contributed by atoms with E-state index in [0.29, 0.717) is 0 Å². The van der Waals surface area contributed by atoms with Gasteiger partial charge in [-0.25, -0.2) is 9.97 Å². The van der Waals surface area contributed by atoms with Crippen molar-refractivity contribution in [2.24, 2.45) is 0 Å². The van der Waals surface area contributed by atoms with Crippen molar-refractivity contribution in [3.05, 3.63) is 47.7 Å². The average molecular weight is 240 g/mol. The molecule has 2 aromatic heterocycles. The molecule has 0 spiro atoms. The fourth-order valence-electron chi connectivity index (χ4n) is 1.73. The third-order valence-corrected chi connectivity index (χ3v) is 3.71. The maximum absolute atomic E-state index is 4.61. The second-order valence-electron chi connectivity index (χ2n) is 4.16. The van der Waals surface area contributed by atoms with Crippen molar-refractivity contribution in [1.29, 1.82) is 0 Å². The molecule has 0 radical (unpaired) electrons. The highest BCUT2D eigenvalue weighted by Gasteiger charge is 2.06. The number of pyridine rings is 1. The van der Waals surface area contributed by atoms with Crippen molar-refractivity contribution < 1.29 is 0 Å². The number of thiazole rings is 1. The molecule has 2 heterocycles. The molecule has 0 saturated carbocycles. The Hall–Kier alpha value is -1.74. The first kappa shape index (κ1) is 10.4. The van der Waals surface area contributed by atoms with Crippen molar-refractivity contribution >= 4 is 21.7 Å². The molecule has 0 N–H and O–H groups in total. The number of rotatable bonds is 1. The molecule has 3 aromatic rings. The van der Waals surface area contributed by atoms with Gasteiger partial charge in [0.2, 0.25) is 0 Å². The van der Waals surface area contributed by atoms with Crippen LogP contribution in [0.15, 0.2) is 36.4 Å². The Bertz CT molecular complexity index is 668. The van der Waals surface area contributed by atoms with Crippen molar-refractivity contribution in [3.63, 3.8) is 0 Å². The van der Waals surface area contributed by atoms with E-state index in [9.17, 15) is 0 Å². The number of hydrogen-bond acceptors (Lipinski definition) is 3. The lowest BCUT2D eigenvalue weighted by Crippen LogP contribution is -1.78. The molecule has 0 unspecified atom stereocenters. The predicted octanol–water partition coefficient (Wildman–Crippen LogP) is 3.98. The van der Waals surface area contributed by atoms with E-state index in [1.807, 2.05) is 19.1 Å². The van der Waals surface area contributed by atoms with Gasteiger partial charge in [-0.15, -0.1) is 0 Å². The Morgan fingerprint density at radius 1 is 0.882 bits per heavy atom. The summed E-state index contributed by atoms with van der Waals surface area (Å²) in [5, 5.41) is 1.04. The first-order chi connectivity index (χ1) is 8.22. The number of benzene rings is 1. The highest BCUT2D eigenvalue weighted by atomic mass is 32.1. The van der Waals surface area contributed by atoms with E-state index in [1.54, 1.807) is 11.3 Å². The summed E-state index contributed by atoms with van der Waals surface area (Å²) in [6.07, 6.45) is 0. The molecule has 0 aliphatic carbocycles. The molecule has 0 aliphatic heterocycles. The maximum atomic E-state index is 4.61. The summed E-state index contributed by atoms with van der Waals surface area (Å²) >= 11 is 1.65. The van der Waals surface area contributed by atoms with Crippen molar-refractivity contribution in [3.8, 4) is 10.6 Å². The second-order valence-corrected chi connectivity index (χ2v) is 5.14. The summed E-state index contributed by atoms with van der Waals surface area (Å²) in [6.45, 7) is 4.09. The van der Waals surface area contributed by atoms with Crippen LogP contribution in [0.4, 0.5) is 0 Å². The molecule has 3 rings (SSSR count). The predicted molar refractivity (Wildman–Crippen MR) is 72.3 cm³/mol. The molecule has 0 bridgehead atoms. The highest BCUT2D eigenvalue weighted by Crippen LogP contribution is 2.29. The SMILES string of the molecule is Cc1ccc(-c2nc3ccc(C)nc3s2)cc1. The Labute approximate surface area is 104 Å². The molecule has 2 nitrogen and oxygen atoms in total. The monoisotopic (exact) mass is 240 g/mol. The summed E-state index contributed by atoms with van der Waals surface area (Å²) in [4.78, 5) is 10.1. The van der Waals surface area contributed by atoms with Crippen LogP contribution in [0, 0.1) is 13.8 Å². The van der Waals surface area contributed by atoms with Gasteiger partial charge in [-0.1, -0.05) is 41.2 Å². The largest absolute Gasteiger partial charge is 0.241 e. The molecule has 1 aromatic carbocycles. The third kappa shape index (κ3) is 1.94. The van der Waals surface area contributed by atoms with Gasteiger partial charge >= 0.3 is 0 Å². The number of hydrogen-bond donors (Lipinski definition) is 0. The molecule has 0 aliphatic rings. The summed E-state index contributed by atoms with van der Waals surface area (Å²) in [6, 6.07) is 12.5. The van der Waals surface area contributed by atoms with E-state index in [-0.39, 0.29) is 0 Å². The summed E-state index contributed by atoms with van der Waals surface area (Å²) in [5.41, 5.74) is 4.45. The summed E-state index contributed by atoms with van der Waals surface area (Å²) in [5.74, 6) is 0. The van der Waals surface area contributed by atoms with E-state index < -0.39 is 0 Å². The van der Waals surface area contributed by atoms with Gasteiger partial charge in [-0.3, -0.25) is 0 Å². The molecule has 3 heteroatoms.